The lowest BCUT2D eigenvalue weighted by molar-refractivity contribution is -0.126. The van der Waals surface area contributed by atoms with Crippen molar-refractivity contribution in [1.29, 1.82) is 0 Å². The van der Waals surface area contributed by atoms with Gasteiger partial charge in [-0.1, -0.05) is 42.8 Å². The quantitative estimate of drug-likeness (QED) is 0.427. The molecule has 0 bridgehead atoms. The number of para-hydroxylation sites is 1. The van der Waals surface area contributed by atoms with Crippen molar-refractivity contribution in [3.63, 3.8) is 0 Å². The van der Waals surface area contributed by atoms with Crippen molar-refractivity contribution in [1.82, 2.24) is 15.4 Å². The fraction of sp³-hybridized carbons (Fsp3) is 0.286. The molecule has 0 aliphatic rings. The van der Waals surface area contributed by atoms with E-state index in [4.69, 9.17) is 0 Å². The second kappa shape index (κ2) is 11.2. The third-order valence-corrected chi connectivity index (χ3v) is 5.74. The van der Waals surface area contributed by atoms with Crippen LogP contribution < -0.4 is 20.7 Å². The molecule has 4 N–H and O–H groups in total. The molecule has 0 aromatic heterocycles. The number of carbonyl (C=O) groups is 3. The van der Waals surface area contributed by atoms with Gasteiger partial charge in [-0.15, -0.1) is 0 Å². The molecule has 0 aliphatic carbocycles. The molecule has 2 aromatic carbocycles. The van der Waals surface area contributed by atoms with E-state index in [-0.39, 0.29) is 18.0 Å². The molecule has 166 valence electrons. The summed E-state index contributed by atoms with van der Waals surface area (Å²) in [5, 5.41) is 7.41. The van der Waals surface area contributed by atoms with Crippen LogP contribution in [0.25, 0.3) is 0 Å². The standard InChI is InChI=1S/C21H26N4O5S/c1-3-16-6-4-5-7-18(16)25-21(28)13-23-19(26)12-22-20(27)14-24-31(29,30)17-10-8-15(2)9-11-17/h4-11,24H,3,12-14H2,1-2H3,(H,22,27)(H,23,26)(H,25,28). The molecule has 0 saturated heterocycles. The SMILES string of the molecule is CCc1ccccc1NC(=O)CNC(=O)CNC(=O)CNS(=O)(=O)c1ccc(C)cc1. The smallest absolute Gasteiger partial charge is 0.243 e. The van der Waals surface area contributed by atoms with Gasteiger partial charge in [0.2, 0.25) is 27.7 Å². The summed E-state index contributed by atoms with van der Waals surface area (Å²) in [6.45, 7) is 2.64. The van der Waals surface area contributed by atoms with Crippen LogP contribution in [0.1, 0.15) is 18.1 Å². The first kappa shape index (κ1) is 24.0. The Kier molecular flexibility index (Phi) is 8.71. The minimum atomic E-state index is -3.83. The van der Waals surface area contributed by atoms with E-state index in [1.165, 1.54) is 12.1 Å². The van der Waals surface area contributed by atoms with Gasteiger partial charge in [0.1, 0.15) is 0 Å². The summed E-state index contributed by atoms with van der Waals surface area (Å²) in [7, 11) is -3.83. The lowest BCUT2D eigenvalue weighted by atomic mass is 10.1. The number of nitrogens with one attached hydrogen (secondary N) is 4. The van der Waals surface area contributed by atoms with Crippen LogP contribution in [-0.4, -0.2) is 45.8 Å². The van der Waals surface area contributed by atoms with Gasteiger partial charge in [0.25, 0.3) is 0 Å². The zero-order chi connectivity index (χ0) is 22.9. The highest BCUT2D eigenvalue weighted by Gasteiger charge is 2.16. The second-order valence-corrected chi connectivity index (χ2v) is 8.52. The van der Waals surface area contributed by atoms with Crippen LogP contribution in [0, 0.1) is 6.92 Å². The average molecular weight is 447 g/mol. The van der Waals surface area contributed by atoms with E-state index in [0.29, 0.717) is 5.69 Å². The van der Waals surface area contributed by atoms with E-state index in [1.54, 1.807) is 24.3 Å². The number of sulfonamides is 1. The predicted octanol–water partition coefficient (Wildman–Crippen LogP) is 0.707. The molecular formula is C21H26N4O5S. The Labute approximate surface area is 181 Å². The minimum absolute atomic E-state index is 0.0410. The first-order chi connectivity index (χ1) is 14.7. The van der Waals surface area contributed by atoms with E-state index in [0.717, 1.165) is 17.5 Å². The van der Waals surface area contributed by atoms with Gasteiger partial charge in [0.05, 0.1) is 24.5 Å². The largest absolute Gasteiger partial charge is 0.346 e. The van der Waals surface area contributed by atoms with E-state index < -0.39 is 34.3 Å². The van der Waals surface area contributed by atoms with Crippen molar-refractivity contribution < 1.29 is 22.8 Å². The molecule has 9 nitrogen and oxygen atoms in total. The van der Waals surface area contributed by atoms with Crippen molar-refractivity contribution in [2.45, 2.75) is 25.2 Å². The molecule has 0 unspecified atom stereocenters. The predicted molar refractivity (Wildman–Crippen MR) is 117 cm³/mol. The lowest BCUT2D eigenvalue weighted by Gasteiger charge is -2.11. The lowest BCUT2D eigenvalue weighted by Crippen LogP contribution is -2.43. The molecule has 0 atom stereocenters. The number of hydrogen-bond donors (Lipinski definition) is 4. The van der Waals surface area contributed by atoms with Gasteiger partial charge >= 0.3 is 0 Å². The highest BCUT2D eigenvalue weighted by atomic mass is 32.2. The van der Waals surface area contributed by atoms with Crippen molar-refractivity contribution in [2.24, 2.45) is 0 Å². The Bertz CT molecular complexity index is 1040. The van der Waals surface area contributed by atoms with E-state index >= 15 is 0 Å². The number of anilines is 1. The maximum atomic E-state index is 12.1. The minimum Gasteiger partial charge on any atom is -0.346 e. The maximum absolute atomic E-state index is 12.1. The van der Waals surface area contributed by atoms with Crippen LogP contribution >= 0.6 is 0 Å². The van der Waals surface area contributed by atoms with E-state index in [1.807, 2.05) is 26.0 Å². The topological polar surface area (TPSA) is 133 Å². The van der Waals surface area contributed by atoms with Crippen LogP contribution in [0.2, 0.25) is 0 Å². The molecule has 31 heavy (non-hydrogen) atoms. The van der Waals surface area contributed by atoms with Gasteiger partial charge < -0.3 is 16.0 Å². The Morgan fingerprint density at radius 2 is 1.39 bits per heavy atom. The van der Waals surface area contributed by atoms with Crippen LogP contribution in [-0.2, 0) is 30.8 Å². The molecule has 0 radical (unpaired) electrons. The molecule has 0 aliphatic heterocycles. The highest BCUT2D eigenvalue weighted by molar-refractivity contribution is 7.89. The van der Waals surface area contributed by atoms with Crippen molar-refractivity contribution in [3.05, 3.63) is 59.7 Å². The number of hydrogen-bond acceptors (Lipinski definition) is 5. The summed E-state index contributed by atoms with van der Waals surface area (Å²) in [4.78, 5) is 35.7. The van der Waals surface area contributed by atoms with Gasteiger partial charge in [-0.3, -0.25) is 14.4 Å². The van der Waals surface area contributed by atoms with Crippen LogP contribution in [0.3, 0.4) is 0 Å². The molecular weight excluding hydrogens is 420 g/mol. The number of carbonyl (C=O) groups excluding carboxylic acids is 3. The third kappa shape index (κ3) is 7.83. The monoisotopic (exact) mass is 446 g/mol. The Morgan fingerprint density at radius 3 is 2.03 bits per heavy atom. The summed E-state index contributed by atoms with van der Waals surface area (Å²) >= 11 is 0. The highest BCUT2D eigenvalue weighted by Crippen LogP contribution is 2.15. The number of rotatable bonds is 10. The van der Waals surface area contributed by atoms with Gasteiger partial charge in [-0.05, 0) is 37.1 Å². The van der Waals surface area contributed by atoms with E-state index in [2.05, 4.69) is 20.7 Å². The Balaban J connectivity index is 1.71. The number of amides is 3. The van der Waals surface area contributed by atoms with Crippen molar-refractivity contribution >= 4 is 33.4 Å². The summed E-state index contributed by atoms with van der Waals surface area (Å²) in [5.41, 5.74) is 2.56. The van der Waals surface area contributed by atoms with Gasteiger partial charge in [0.15, 0.2) is 0 Å². The zero-order valence-corrected chi connectivity index (χ0v) is 18.2. The molecule has 0 saturated carbocycles. The Morgan fingerprint density at radius 1 is 0.806 bits per heavy atom. The summed E-state index contributed by atoms with van der Waals surface area (Å²) in [6.07, 6.45) is 0.752. The number of aryl methyl sites for hydroxylation is 2. The molecule has 0 fully saturated rings. The first-order valence-electron chi connectivity index (χ1n) is 9.68. The molecule has 2 rings (SSSR count). The van der Waals surface area contributed by atoms with Crippen LogP contribution in [0.4, 0.5) is 5.69 Å². The second-order valence-electron chi connectivity index (χ2n) is 6.75. The van der Waals surface area contributed by atoms with Crippen molar-refractivity contribution in [2.75, 3.05) is 25.0 Å². The normalized spacial score (nSPS) is 10.9. The third-order valence-electron chi connectivity index (χ3n) is 4.32. The van der Waals surface area contributed by atoms with Gasteiger partial charge in [-0.2, -0.15) is 0 Å². The average Bonchev–Trinajstić information content (AvgIpc) is 2.75. The molecule has 0 heterocycles. The molecule has 2 aromatic rings. The summed E-state index contributed by atoms with van der Waals surface area (Å²) in [5.74, 6) is -1.65. The van der Waals surface area contributed by atoms with E-state index in [9.17, 15) is 22.8 Å². The number of benzene rings is 2. The Hall–Kier alpha value is -3.24. The van der Waals surface area contributed by atoms with Crippen LogP contribution in [0.15, 0.2) is 53.4 Å². The zero-order valence-electron chi connectivity index (χ0n) is 17.4. The van der Waals surface area contributed by atoms with Gasteiger partial charge in [-0.25, -0.2) is 13.1 Å². The van der Waals surface area contributed by atoms with Gasteiger partial charge in [0, 0.05) is 5.69 Å². The summed E-state index contributed by atoms with van der Waals surface area (Å²) in [6, 6.07) is 13.5. The first-order valence-corrected chi connectivity index (χ1v) is 11.2. The maximum Gasteiger partial charge on any atom is 0.243 e. The van der Waals surface area contributed by atoms with Crippen molar-refractivity contribution in [3.8, 4) is 0 Å². The fourth-order valence-electron chi connectivity index (χ4n) is 2.59. The molecule has 0 spiro atoms. The van der Waals surface area contributed by atoms with Crippen LogP contribution in [0.5, 0.6) is 0 Å². The summed E-state index contributed by atoms with van der Waals surface area (Å²) < 4.78 is 26.5. The fourth-order valence-corrected chi connectivity index (χ4v) is 3.57. The molecule has 3 amide bonds. The molecule has 10 heteroatoms.